The van der Waals surface area contributed by atoms with Crippen molar-refractivity contribution in [2.24, 2.45) is 0 Å². The van der Waals surface area contributed by atoms with Gasteiger partial charge < -0.3 is 15.4 Å². The van der Waals surface area contributed by atoms with Crippen molar-refractivity contribution in [1.82, 2.24) is 20.4 Å². The van der Waals surface area contributed by atoms with E-state index in [2.05, 4.69) is 20.8 Å². The zero-order valence-electron chi connectivity index (χ0n) is 12.9. The van der Waals surface area contributed by atoms with Crippen LogP contribution in [0.2, 0.25) is 0 Å². The first kappa shape index (κ1) is 15.4. The van der Waals surface area contributed by atoms with Crippen molar-refractivity contribution in [2.45, 2.75) is 0 Å². The Balaban J connectivity index is 1.72. The van der Waals surface area contributed by atoms with Crippen molar-refractivity contribution in [3.8, 4) is 0 Å². The van der Waals surface area contributed by atoms with E-state index in [1.54, 1.807) is 25.2 Å². The summed E-state index contributed by atoms with van der Waals surface area (Å²) in [5.74, 6) is -0.357. The van der Waals surface area contributed by atoms with Gasteiger partial charge in [-0.05, 0) is 18.2 Å². The predicted octanol–water partition coefficient (Wildman–Crippen LogP) is 0.193. The van der Waals surface area contributed by atoms with Crippen molar-refractivity contribution < 1.29 is 14.3 Å². The van der Waals surface area contributed by atoms with Crippen molar-refractivity contribution in [3.63, 3.8) is 0 Å². The Morgan fingerprint density at radius 3 is 2.87 bits per heavy atom. The summed E-state index contributed by atoms with van der Waals surface area (Å²) in [4.78, 5) is 26.0. The number of amides is 2. The van der Waals surface area contributed by atoms with Crippen molar-refractivity contribution in [2.75, 3.05) is 45.2 Å². The fourth-order valence-corrected chi connectivity index (χ4v) is 2.55. The van der Waals surface area contributed by atoms with E-state index < -0.39 is 0 Å². The zero-order valence-corrected chi connectivity index (χ0v) is 12.9. The van der Waals surface area contributed by atoms with Crippen molar-refractivity contribution in [1.29, 1.82) is 0 Å². The van der Waals surface area contributed by atoms with Crippen LogP contribution in [-0.4, -0.2) is 66.8 Å². The largest absolute Gasteiger partial charge is 0.379 e. The number of carbonyl (C=O) groups excluding carboxylic acids is 2. The maximum atomic E-state index is 12.1. The summed E-state index contributed by atoms with van der Waals surface area (Å²) in [6, 6.07) is 5.32. The first-order chi connectivity index (χ1) is 11.2. The molecule has 0 aliphatic carbocycles. The van der Waals surface area contributed by atoms with Crippen LogP contribution in [0.5, 0.6) is 0 Å². The van der Waals surface area contributed by atoms with E-state index >= 15 is 0 Å². The summed E-state index contributed by atoms with van der Waals surface area (Å²) in [7, 11) is 1.55. The Morgan fingerprint density at radius 2 is 2.13 bits per heavy atom. The lowest BCUT2D eigenvalue weighted by molar-refractivity contribution is -0.118. The van der Waals surface area contributed by atoms with Crippen LogP contribution in [-0.2, 0) is 9.53 Å². The van der Waals surface area contributed by atoms with Crippen LogP contribution in [0.3, 0.4) is 0 Å². The molecule has 2 heterocycles. The number of morpholine rings is 1. The lowest BCUT2D eigenvalue weighted by Gasteiger charge is -2.25. The Bertz CT molecular complexity index is 721. The van der Waals surface area contributed by atoms with E-state index in [4.69, 9.17) is 4.74 Å². The first-order valence-corrected chi connectivity index (χ1v) is 7.47. The second kappa shape index (κ2) is 6.76. The topological polar surface area (TPSA) is 99.3 Å². The van der Waals surface area contributed by atoms with E-state index in [0.29, 0.717) is 36.5 Å². The monoisotopic (exact) mass is 317 g/mol. The first-order valence-electron chi connectivity index (χ1n) is 7.47. The molecule has 2 amide bonds. The Kier molecular flexibility index (Phi) is 4.54. The number of nitrogens with one attached hydrogen (secondary N) is 3. The number of H-pyrrole nitrogens is 1. The molecule has 0 radical (unpaired) electrons. The standard InChI is InChI=1S/C15H19N5O3/c1-16-15(22)14-11-8-10(2-3-12(11)18-19-14)17-13(21)9-20-4-6-23-7-5-20/h2-3,8H,4-7,9H2,1H3,(H,16,22)(H,17,21)(H,18,19). The molecule has 3 rings (SSSR count). The van der Waals surface area contributed by atoms with Crippen molar-refractivity contribution >= 4 is 28.4 Å². The lowest BCUT2D eigenvalue weighted by atomic mass is 10.2. The molecule has 0 unspecified atom stereocenters. The van der Waals surface area contributed by atoms with Gasteiger partial charge in [0.1, 0.15) is 0 Å². The number of nitrogens with zero attached hydrogens (tertiary/aromatic N) is 2. The maximum Gasteiger partial charge on any atom is 0.272 e. The van der Waals surface area contributed by atoms with Gasteiger partial charge in [-0.1, -0.05) is 0 Å². The number of aromatic amines is 1. The molecule has 0 bridgehead atoms. The number of carbonyl (C=O) groups is 2. The number of ether oxygens (including phenoxy) is 1. The van der Waals surface area contributed by atoms with Gasteiger partial charge in [-0.25, -0.2) is 0 Å². The summed E-state index contributed by atoms with van der Waals surface area (Å²) in [5.41, 5.74) is 1.70. The van der Waals surface area contributed by atoms with Gasteiger partial charge in [-0.15, -0.1) is 0 Å². The third kappa shape index (κ3) is 3.49. The third-order valence-corrected chi connectivity index (χ3v) is 3.76. The summed E-state index contributed by atoms with van der Waals surface area (Å²) in [5, 5.41) is 12.9. The number of aromatic nitrogens is 2. The smallest absolute Gasteiger partial charge is 0.272 e. The highest BCUT2D eigenvalue weighted by atomic mass is 16.5. The van der Waals surface area contributed by atoms with Crippen LogP contribution < -0.4 is 10.6 Å². The van der Waals surface area contributed by atoms with Crippen molar-refractivity contribution in [3.05, 3.63) is 23.9 Å². The molecule has 1 aliphatic heterocycles. The highest BCUT2D eigenvalue weighted by Gasteiger charge is 2.16. The number of anilines is 1. The summed E-state index contributed by atoms with van der Waals surface area (Å²) in [6.45, 7) is 3.16. The average Bonchev–Trinajstić information content (AvgIpc) is 2.98. The summed E-state index contributed by atoms with van der Waals surface area (Å²) < 4.78 is 5.26. The van der Waals surface area contributed by atoms with Gasteiger partial charge in [0.25, 0.3) is 5.91 Å². The molecule has 0 spiro atoms. The van der Waals surface area contributed by atoms with Gasteiger partial charge in [0.15, 0.2) is 5.69 Å². The summed E-state index contributed by atoms with van der Waals surface area (Å²) >= 11 is 0. The molecule has 3 N–H and O–H groups in total. The number of benzene rings is 1. The summed E-state index contributed by atoms with van der Waals surface area (Å²) in [6.07, 6.45) is 0. The minimum atomic E-state index is -0.270. The molecule has 1 aliphatic rings. The van der Waals surface area contributed by atoms with Crippen LogP contribution in [0.25, 0.3) is 10.9 Å². The second-order valence-electron chi connectivity index (χ2n) is 5.35. The Labute approximate surface area is 133 Å². The molecule has 8 nitrogen and oxygen atoms in total. The van der Waals surface area contributed by atoms with E-state index in [-0.39, 0.29) is 11.8 Å². The molecule has 8 heteroatoms. The molecule has 0 saturated carbocycles. The Morgan fingerprint density at radius 1 is 1.35 bits per heavy atom. The van der Waals surface area contributed by atoms with Crippen LogP contribution in [0.4, 0.5) is 5.69 Å². The van der Waals surface area contributed by atoms with E-state index in [0.717, 1.165) is 18.6 Å². The number of rotatable bonds is 4. The van der Waals surface area contributed by atoms with E-state index in [9.17, 15) is 9.59 Å². The highest BCUT2D eigenvalue weighted by Crippen LogP contribution is 2.20. The third-order valence-electron chi connectivity index (χ3n) is 3.76. The van der Waals surface area contributed by atoms with Crippen LogP contribution in [0.1, 0.15) is 10.5 Å². The molecule has 0 atom stereocenters. The second-order valence-corrected chi connectivity index (χ2v) is 5.35. The minimum absolute atomic E-state index is 0.0868. The van der Waals surface area contributed by atoms with Gasteiger partial charge in [0.05, 0.1) is 25.3 Å². The quantitative estimate of drug-likeness (QED) is 0.748. The maximum absolute atomic E-state index is 12.1. The van der Waals surface area contributed by atoms with E-state index in [1.165, 1.54) is 0 Å². The average molecular weight is 317 g/mol. The fraction of sp³-hybridized carbons (Fsp3) is 0.400. The molecular formula is C15H19N5O3. The van der Waals surface area contributed by atoms with Crippen LogP contribution in [0, 0.1) is 0 Å². The number of hydrogen-bond donors (Lipinski definition) is 3. The molecule has 23 heavy (non-hydrogen) atoms. The van der Waals surface area contributed by atoms with Crippen LogP contribution in [0.15, 0.2) is 18.2 Å². The molecule has 122 valence electrons. The van der Waals surface area contributed by atoms with E-state index in [1.807, 2.05) is 4.90 Å². The Hall–Kier alpha value is -2.45. The number of hydrogen-bond acceptors (Lipinski definition) is 5. The van der Waals surface area contributed by atoms with Gasteiger partial charge in [-0.2, -0.15) is 5.10 Å². The lowest BCUT2D eigenvalue weighted by Crippen LogP contribution is -2.41. The van der Waals surface area contributed by atoms with Gasteiger partial charge in [-0.3, -0.25) is 19.6 Å². The molecule has 1 saturated heterocycles. The molecule has 1 fully saturated rings. The van der Waals surface area contributed by atoms with Gasteiger partial charge >= 0.3 is 0 Å². The molecule has 1 aromatic carbocycles. The normalized spacial score (nSPS) is 15.5. The zero-order chi connectivity index (χ0) is 16.2. The molecule has 1 aromatic heterocycles. The molecule has 2 aromatic rings. The van der Waals surface area contributed by atoms with Gasteiger partial charge in [0, 0.05) is 31.2 Å². The predicted molar refractivity (Wildman–Crippen MR) is 85.4 cm³/mol. The minimum Gasteiger partial charge on any atom is -0.379 e. The van der Waals surface area contributed by atoms with Gasteiger partial charge in [0.2, 0.25) is 5.91 Å². The highest BCUT2D eigenvalue weighted by molar-refractivity contribution is 6.06. The number of fused-ring (bicyclic) bond motifs is 1. The van der Waals surface area contributed by atoms with Crippen LogP contribution >= 0.6 is 0 Å². The molecular weight excluding hydrogens is 298 g/mol. The fourth-order valence-electron chi connectivity index (χ4n) is 2.55. The SMILES string of the molecule is CNC(=O)c1n[nH]c2ccc(NC(=O)CN3CCOCC3)cc12.